The molecule has 2 N–H and O–H groups in total. The summed E-state index contributed by atoms with van der Waals surface area (Å²) in [6, 6.07) is 5.64. The van der Waals surface area contributed by atoms with Gasteiger partial charge in [0.1, 0.15) is 0 Å². The summed E-state index contributed by atoms with van der Waals surface area (Å²) >= 11 is 0. The fourth-order valence-corrected chi connectivity index (χ4v) is 2.88. The van der Waals surface area contributed by atoms with Gasteiger partial charge >= 0.3 is 0 Å². The van der Waals surface area contributed by atoms with Crippen LogP contribution in [0.1, 0.15) is 18.5 Å². The van der Waals surface area contributed by atoms with Crippen LogP contribution in [0, 0.1) is 6.92 Å². The number of nitrogen functional groups attached to an aromatic ring is 1. The van der Waals surface area contributed by atoms with Crippen LogP contribution >= 0.6 is 0 Å². The van der Waals surface area contributed by atoms with E-state index in [-0.39, 0.29) is 6.04 Å². The summed E-state index contributed by atoms with van der Waals surface area (Å²) in [5, 5.41) is 11.8. The van der Waals surface area contributed by atoms with Crippen LogP contribution in [0.25, 0.3) is 11.4 Å². The minimum atomic E-state index is -0.903. The molecule has 0 saturated carbocycles. The predicted molar refractivity (Wildman–Crippen MR) is 76.0 cm³/mol. The Bertz CT molecular complexity index is 590. The Morgan fingerprint density at radius 3 is 2.84 bits per heavy atom. The van der Waals surface area contributed by atoms with Gasteiger partial charge in [0.15, 0.2) is 5.82 Å². The minimum absolute atomic E-state index is 0.0464. The molecule has 2 unspecified atom stereocenters. The number of benzene rings is 1. The first-order valence-corrected chi connectivity index (χ1v) is 7.66. The first-order chi connectivity index (χ1) is 9.00. The Hall–Kier alpha value is -1.76. The zero-order chi connectivity index (χ0) is 14.0. The number of anilines is 1. The molecule has 2 atom stereocenters. The van der Waals surface area contributed by atoms with E-state index in [1.807, 2.05) is 32.0 Å². The molecule has 102 valence electrons. The molecule has 0 aliphatic carbocycles. The maximum atomic E-state index is 11.3. The first-order valence-electron chi connectivity index (χ1n) is 5.94. The van der Waals surface area contributed by atoms with Gasteiger partial charge in [-0.1, -0.05) is 12.1 Å². The largest absolute Gasteiger partial charge is 0.398 e. The predicted octanol–water partition coefficient (Wildman–Crippen LogP) is 1.17. The lowest BCUT2D eigenvalue weighted by Gasteiger charge is -2.14. The molecule has 1 aromatic carbocycles. The molecule has 0 saturated heterocycles. The molecule has 0 fully saturated rings. The molecule has 2 aromatic rings. The quantitative estimate of drug-likeness (QED) is 0.849. The van der Waals surface area contributed by atoms with Crippen LogP contribution in [0.5, 0.6) is 0 Å². The van der Waals surface area contributed by atoms with E-state index >= 15 is 0 Å². The molecule has 0 radical (unpaired) electrons. The fourth-order valence-electron chi connectivity index (χ4n) is 2.06. The van der Waals surface area contributed by atoms with Crippen molar-refractivity contribution in [3.05, 3.63) is 23.8 Å². The van der Waals surface area contributed by atoms with Gasteiger partial charge in [-0.15, -0.1) is 5.10 Å². The number of hydrogen-bond donors (Lipinski definition) is 1. The van der Waals surface area contributed by atoms with Crippen LogP contribution in [-0.4, -0.2) is 36.4 Å². The summed E-state index contributed by atoms with van der Waals surface area (Å²) in [4.78, 5) is 0. The van der Waals surface area contributed by atoms with Crippen molar-refractivity contribution in [3.63, 3.8) is 0 Å². The molecule has 1 aromatic heterocycles. The number of hydrogen-bond acceptors (Lipinski definition) is 5. The SMILES string of the molecule is Cc1cccc(N)c1-c1nnnn1C(C)CS(C)=O. The van der Waals surface area contributed by atoms with Crippen LogP contribution in [0.15, 0.2) is 18.2 Å². The van der Waals surface area contributed by atoms with Crippen molar-refractivity contribution in [2.45, 2.75) is 19.9 Å². The van der Waals surface area contributed by atoms with Gasteiger partial charge in [-0.2, -0.15) is 0 Å². The Morgan fingerprint density at radius 2 is 2.21 bits per heavy atom. The zero-order valence-electron chi connectivity index (χ0n) is 11.2. The number of nitrogens with zero attached hydrogens (tertiary/aromatic N) is 4. The number of rotatable bonds is 4. The van der Waals surface area contributed by atoms with Crippen molar-refractivity contribution in [2.75, 3.05) is 17.7 Å². The lowest BCUT2D eigenvalue weighted by Crippen LogP contribution is -2.16. The molecular weight excluding hydrogens is 262 g/mol. The maximum absolute atomic E-state index is 11.3. The smallest absolute Gasteiger partial charge is 0.184 e. The molecule has 19 heavy (non-hydrogen) atoms. The van der Waals surface area contributed by atoms with Crippen LogP contribution in [0.3, 0.4) is 0 Å². The van der Waals surface area contributed by atoms with Gasteiger partial charge in [0.05, 0.1) is 6.04 Å². The van der Waals surface area contributed by atoms with Crippen molar-refractivity contribution in [1.29, 1.82) is 0 Å². The topological polar surface area (TPSA) is 86.7 Å². The van der Waals surface area contributed by atoms with Gasteiger partial charge in [0, 0.05) is 34.1 Å². The van der Waals surface area contributed by atoms with E-state index in [0.29, 0.717) is 17.3 Å². The molecule has 0 aliphatic rings. The second kappa shape index (κ2) is 5.48. The highest BCUT2D eigenvalue weighted by Gasteiger charge is 2.18. The second-order valence-corrected chi connectivity index (χ2v) is 6.05. The summed E-state index contributed by atoms with van der Waals surface area (Å²) in [7, 11) is -0.903. The van der Waals surface area contributed by atoms with Crippen molar-refractivity contribution in [1.82, 2.24) is 20.2 Å². The average molecular weight is 279 g/mol. The lowest BCUT2D eigenvalue weighted by atomic mass is 10.1. The highest BCUT2D eigenvalue weighted by molar-refractivity contribution is 7.84. The van der Waals surface area contributed by atoms with Gasteiger partial charge in [0.25, 0.3) is 0 Å². The van der Waals surface area contributed by atoms with Gasteiger partial charge < -0.3 is 5.73 Å². The highest BCUT2D eigenvalue weighted by atomic mass is 32.2. The zero-order valence-corrected chi connectivity index (χ0v) is 12.0. The summed E-state index contributed by atoms with van der Waals surface area (Å²) in [5.41, 5.74) is 8.50. The van der Waals surface area contributed by atoms with E-state index < -0.39 is 10.8 Å². The monoisotopic (exact) mass is 279 g/mol. The second-order valence-electron chi connectivity index (χ2n) is 4.58. The molecule has 6 nitrogen and oxygen atoms in total. The van der Waals surface area contributed by atoms with E-state index in [4.69, 9.17) is 5.73 Å². The van der Waals surface area contributed by atoms with Crippen molar-refractivity contribution < 1.29 is 4.21 Å². The van der Waals surface area contributed by atoms with E-state index in [0.717, 1.165) is 11.1 Å². The molecule has 1 heterocycles. The van der Waals surface area contributed by atoms with E-state index in [1.165, 1.54) is 0 Å². The minimum Gasteiger partial charge on any atom is -0.398 e. The third-order valence-electron chi connectivity index (χ3n) is 2.91. The van der Waals surface area contributed by atoms with Crippen molar-refractivity contribution in [3.8, 4) is 11.4 Å². The highest BCUT2D eigenvalue weighted by Crippen LogP contribution is 2.28. The maximum Gasteiger partial charge on any atom is 0.184 e. The Morgan fingerprint density at radius 1 is 1.47 bits per heavy atom. The summed E-state index contributed by atoms with van der Waals surface area (Å²) in [6.07, 6.45) is 1.67. The summed E-state index contributed by atoms with van der Waals surface area (Å²) in [5.74, 6) is 1.12. The van der Waals surface area contributed by atoms with Gasteiger partial charge in [-0.05, 0) is 35.9 Å². The first kappa shape index (κ1) is 13.7. The third kappa shape index (κ3) is 2.81. The fraction of sp³-hybridized carbons (Fsp3) is 0.417. The van der Waals surface area contributed by atoms with E-state index in [9.17, 15) is 4.21 Å². The molecule has 0 spiro atoms. The number of aromatic nitrogens is 4. The normalized spacial score (nSPS) is 14.3. The molecule has 0 bridgehead atoms. The Labute approximate surface area is 114 Å². The Balaban J connectivity index is 2.47. The molecule has 0 aliphatic heterocycles. The van der Waals surface area contributed by atoms with Crippen LogP contribution in [0.2, 0.25) is 0 Å². The third-order valence-corrected chi connectivity index (χ3v) is 3.87. The van der Waals surface area contributed by atoms with Crippen molar-refractivity contribution >= 4 is 16.5 Å². The average Bonchev–Trinajstić information content (AvgIpc) is 2.76. The van der Waals surface area contributed by atoms with E-state index in [2.05, 4.69) is 15.5 Å². The van der Waals surface area contributed by atoms with Crippen LogP contribution < -0.4 is 5.73 Å². The lowest BCUT2D eigenvalue weighted by molar-refractivity contribution is 0.521. The molecule has 7 heteroatoms. The van der Waals surface area contributed by atoms with Gasteiger partial charge in [-0.3, -0.25) is 4.21 Å². The Kier molecular flexibility index (Phi) is 3.94. The molecule has 2 rings (SSSR count). The van der Waals surface area contributed by atoms with Gasteiger partial charge in [-0.25, -0.2) is 4.68 Å². The molecule has 0 amide bonds. The summed E-state index contributed by atoms with van der Waals surface area (Å²) in [6.45, 7) is 3.91. The van der Waals surface area contributed by atoms with Crippen LogP contribution in [0.4, 0.5) is 5.69 Å². The number of nitrogens with two attached hydrogens (primary N) is 1. The van der Waals surface area contributed by atoms with Crippen molar-refractivity contribution in [2.24, 2.45) is 0 Å². The standard InChI is InChI=1S/C12H17N5OS/c1-8-5-4-6-10(13)11(8)12-14-15-16-17(12)9(2)7-19(3)18/h4-6,9H,7,13H2,1-3H3. The summed E-state index contributed by atoms with van der Waals surface area (Å²) < 4.78 is 13.0. The van der Waals surface area contributed by atoms with Gasteiger partial charge in [0.2, 0.25) is 0 Å². The number of tetrazole rings is 1. The number of aryl methyl sites for hydroxylation is 1. The van der Waals surface area contributed by atoms with Crippen LogP contribution in [-0.2, 0) is 10.8 Å². The molecular formula is C12H17N5OS. The van der Waals surface area contributed by atoms with E-state index in [1.54, 1.807) is 10.9 Å².